The largest absolute Gasteiger partial charge is 0.347 e. The molecule has 1 atom stereocenters. The summed E-state index contributed by atoms with van der Waals surface area (Å²) in [5.74, 6) is 0.812. The number of amides is 1. The van der Waals surface area contributed by atoms with Crippen molar-refractivity contribution in [2.75, 3.05) is 18.6 Å². The van der Waals surface area contributed by atoms with E-state index in [2.05, 4.69) is 10.3 Å². The summed E-state index contributed by atoms with van der Waals surface area (Å²) in [6.07, 6.45) is 2.75. The summed E-state index contributed by atoms with van der Waals surface area (Å²) >= 11 is 3.20. The van der Waals surface area contributed by atoms with E-state index < -0.39 is 0 Å². The Morgan fingerprint density at radius 2 is 2.41 bits per heavy atom. The molecule has 0 aliphatic heterocycles. The van der Waals surface area contributed by atoms with Gasteiger partial charge in [-0.2, -0.15) is 11.8 Å². The topological polar surface area (TPSA) is 68.0 Å². The molecule has 17 heavy (non-hydrogen) atoms. The fourth-order valence-corrected chi connectivity index (χ4v) is 2.62. The van der Waals surface area contributed by atoms with Crippen LogP contribution in [0.4, 0.5) is 0 Å². The number of aromatic nitrogens is 1. The Labute approximate surface area is 116 Å². The van der Waals surface area contributed by atoms with Gasteiger partial charge >= 0.3 is 0 Å². The van der Waals surface area contributed by atoms with E-state index in [1.807, 2.05) is 13.2 Å². The number of nitrogens with one attached hydrogen (secondary N) is 1. The highest BCUT2D eigenvalue weighted by molar-refractivity contribution is 7.98. The summed E-state index contributed by atoms with van der Waals surface area (Å²) in [7, 11) is 0. The lowest BCUT2D eigenvalue weighted by molar-refractivity contribution is 0.0939. The highest BCUT2D eigenvalue weighted by atomic mass is 35.5. The second kappa shape index (κ2) is 8.74. The van der Waals surface area contributed by atoms with Gasteiger partial charge in [-0.3, -0.25) is 4.79 Å². The van der Waals surface area contributed by atoms with Crippen molar-refractivity contribution in [3.05, 3.63) is 16.1 Å². The van der Waals surface area contributed by atoms with Crippen molar-refractivity contribution < 1.29 is 4.79 Å². The predicted octanol–water partition coefficient (Wildman–Crippen LogP) is 1.55. The van der Waals surface area contributed by atoms with Gasteiger partial charge in [0.15, 0.2) is 0 Å². The van der Waals surface area contributed by atoms with Crippen LogP contribution in [0.25, 0.3) is 0 Å². The lowest BCUT2D eigenvalue weighted by Gasteiger charge is -2.10. The van der Waals surface area contributed by atoms with Crippen molar-refractivity contribution in [1.82, 2.24) is 10.3 Å². The van der Waals surface area contributed by atoms with Crippen LogP contribution in [0.2, 0.25) is 0 Å². The van der Waals surface area contributed by atoms with Gasteiger partial charge in [-0.25, -0.2) is 4.98 Å². The summed E-state index contributed by atoms with van der Waals surface area (Å²) in [5, 5.41) is 5.61. The molecule has 0 saturated heterocycles. The molecule has 1 heterocycles. The van der Waals surface area contributed by atoms with Crippen LogP contribution in [0.3, 0.4) is 0 Å². The average molecular weight is 296 g/mol. The van der Waals surface area contributed by atoms with E-state index in [4.69, 9.17) is 5.73 Å². The summed E-state index contributed by atoms with van der Waals surface area (Å²) in [6.45, 7) is 2.55. The molecule has 98 valence electrons. The number of nitrogens with zero attached hydrogens (tertiary/aromatic N) is 1. The van der Waals surface area contributed by atoms with Crippen LogP contribution in [0.1, 0.15) is 22.4 Å². The van der Waals surface area contributed by atoms with Gasteiger partial charge in [0.05, 0.1) is 5.01 Å². The molecule has 0 fully saturated rings. The van der Waals surface area contributed by atoms with Crippen LogP contribution >= 0.6 is 35.5 Å². The Morgan fingerprint density at radius 3 is 3.00 bits per heavy atom. The first-order valence-corrected chi connectivity index (χ1v) is 7.39. The van der Waals surface area contributed by atoms with Gasteiger partial charge in [-0.1, -0.05) is 0 Å². The van der Waals surface area contributed by atoms with Crippen molar-refractivity contribution in [1.29, 1.82) is 0 Å². The minimum atomic E-state index is -0.0962. The van der Waals surface area contributed by atoms with Gasteiger partial charge < -0.3 is 11.1 Å². The Hall–Kier alpha value is -0.300. The summed E-state index contributed by atoms with van der Waals surface area (Å²) in [4.78, 5) is 16.0. The summed E-state index contributed by atoms with van der Waals surface area (Å²) < 4.78 is 0. The molecule has 1 aromatic rings. The number of hydrogen-bond donors (Lipinski definition) is 2. The number of thiazole rings is 1. The van der Waals surface area contributed by atoms with Gasteiger partial charge in [-0.05, 0) is 19.7 Å². The van der Waals surface area contributed by atoms with Crippen molar-refractivity contribution >= 4 is 41.4 Å². The van der Waals surface area contributed by atoms with E-state index >= 15 is 0 Å². The maximum absolute atomic E-state index is 11.7. The number of carbonyl (C=O) groups is 1. The third-order valence-corrected chi connectivity index (χ3v) is 3.68. The van der Waals surface area contributed by atoms with Crippen LogP contribution in [-0.2, 0) is 6.42 Å². The molecular weight excluding hydrogens is 278 g/mol. The zero-order valence-corrected chi connectivity index (χ0v) is 12.4. The normalized spacial score (nSPS) is 11.7. The van der Waals surface area contributed by atoms with Crippen molar-refractivity contribution in [3.63, 3.8) is 0 Å². The maximum atomic E-state index is 11.7. The first-order valence-electron chi connectivity index (χ1n) is 5.11. The van der Waals surface area contributed by atoms with Gasteiger partial charge in [-0.15, -0.1) is 23.7 Å². The van der Waals surface area contributed by atoms with Gasteiger partial charge in [0.2, 0.25) is 0 Å². The Balaban J connectivity index is 0.00000256. The van der Waals surface area contributed by atoms with Crippen LogP contribution in [0.15, 0.2) is 5.38 Å². The second-order valence-electron chi connectivity index (χ2n) is 3.50. The molecule has 4 nitrogen and oxygen atoms in total. The standard InChI is InChI=1S/C10H17N3OS2.ClH/c1-7(5-15-2)12-10(14)8-6-16-9(13-8)3-4-11;/h6-7H,3-5,11H2,1-2H3,(H,12,14);1H. The first-order chi connectivity index (χ1) is 7.67. The van der Waals surface area contributed by atoms with Crippen LogP contribution in [0.5, 0.6) is 0 Å². The van der Waals surface area contributed by atoms with E-state index in [0.717, 1.165) is 17.2 Å². The SMILES string of the molecule is CSCC(C)NC(=O)c1csc(CCN)n1.Cl. The lowest BCUT2D eigenvalue weighted by Crippen LogP contribution is -2.34. The molecule has 0 spiro atoms. The van der Waals surface area contributed by atoms with Crippen LogP contribution in [0, 0.1) is 0 Å². The smallest absolute Gasteiger partial charge is 0.270 e. The van der Waals surface area contributed by atoms with Crippen molar-refractivity contribution in [2.45, 2.75) is 19.4 Å². The Kier molecular flexibility index (Phi) is 8.59. The quantitative estimate of drug-likeness (QED) is 0.835. The van der Waals surface area contributed by atoms with Crippen LogP contribution < -0.4 is 11.1 Å². The molecule has 1 aromatic heterocycles. The number of nitrogens with two attached hydrogens (primary N) is 1. The van der Waals surface area contributed by atoms with Gasteiger partial charge in [0, 0.05) is 23.6 Å². The monoisotopic (exact) mass is 295 g/mol. The maximum Gasteiger partial charge on any atom is 0.270 e. The van der Waals surface area contributed by atoms with Crippen molar-refractivity contribution in [3.8, 4) is 0 Å². The molecule has 0 radical (unpaired) electrons. The third kappa shape index (κ3) is 5.72. The van der Waals surface area contributed by atoms with E-state index in [0.29, 0.717) is 12.2 Å². The molecular formula is C10H18ClN3OS2. The minimum Gasteiger partial charge on any atom is -0.347 e. The fourth-order valence-electron chi connectivity index (χ4n) is 1.24. The molecule has 3 N–H and O–H groups in total. The molecule has 0 aromatic carbocycles. The molecule has 0 aliphatic carbocycles. The average Bonchev–Trinajstić information content (AvgIpc) is 2.67. The van der Waals surface area contributed by atoms with Gasteiger partial charge in [0.1, 0.15) is 5.69 Å². The van der Waals surface area contributed by atoms with E-state index in [9.17, 15) is 4.79 Å². The minimum absolute atomic E-state index is 0. The number of hydrogen-bond acceptors (Lipinski definition) is 5. The highest BCUT2D eigenvalue weighted by Gasteiger charge is 2.12. The summed E-state index contributed by atoms with van der Waals surface area (Å²) in [5.41, 5.74) is 5.93. The van der Waals surface area contributed by atoms with E-state index in [1.165, 1.54) is 11.3 Å². The summed E-state index contributed by atoms with van der Waals surface area (Å²) in [6, 6.07) is 0.169. The predicted molar refractivity (Wildman–Crippen MR) is 77.4 cm³/mol. The second-order valence-corrected chi connectivity index (χ2v) is 5.35. The number of rotatable bonds is 6. The molecule has 0 bridgehead atoms. The van der Waals surface area contributed by atoms with Crippen LogP contribution in [-0.4, -0.2) is 35.5 Å². The molecule has 1 amide bonds. The number of halogens is 1. The number of thioether (sulfide) groups is 1. The van der Waals surface area contributed by atoms with E-state index in [1.54, 1.807) is 17.1 Å². The highest BCUT2D eigenvalue weighted by Crippen LogP contribution is 2.10. The lowest BCUT2D eigenvalue weighted by atomic mass is 10.3. The molecule has 7 heteroatoms. The first kappa shape index (κ1) is 16.7. The van der Waals surface area contributed by atoms with Gasteiger partial charge in [0.25, 0.3) is 5.91 Å². The molecule has 1 unspecified atom stereocenters. The van der Waals surface area contributed by atoms with Crippen molar-refractivity contribution in [2.24, 2.45) is 5.73 Å². The Morgan fingerprint density at radius 1 is 1.71 bits per heavy atom. The number of carbonyl (C=O) groups excluding carboxylic acids is 1. The van der Waals surface area contributed by atoms with E-state index in [-0.39, 0.29) is 24.4 Å². The Bertz CT molecular complexity index is 346. The zero-order chi connectivity index (χ0) is 12.0. The molecule has 0 saturated carbocycles. The molecule has 1 rings (SSSR count). The zero-order valence-electron chi connectivity index (χ0n) is 9.93. The molecule has 0 aliphatic rings. The fraction of sp³-hybridized carbons (Fsp3) is 0.600. The third-order valence-electron chi connectivity index (χ3n) is 1.94.